The summed E-state index contributed by atoms with van der Waals surface area (Å²) in [5.74, 6) is 1.39. The van der Waals surface area contributed by atoms with Crippen molar-refractivity contribution in [2.24, 2.45) is 0 Å². The van der Waals surface area contributed by atoms with Crippen molar-refractivity contribution in [1.29, 1.82) is 0 Å². The van der Waals surface area contributed by atoms with Gasteiger partial charge in [0.25, 0.3) is 0 Å². The van der Waals surface area contributed by atoms with Gasteiger partial charge >= 0.3 is 0 Å². The Morgan fingerprint density at radius 2 is 2.43 bits per heavy atom. The molecule has 1 aromatic heterocycles. The highest BCUT2D eigenvalue weighted by molar-refractivity contribution is 7.99. The molecule has 1 unspecified atom stereocenters. The third-order valence-corrected chi connectivity index (χ3v) is 2.73. The molecule has 0 aliphatic carbocycles. The fourth-order valence-corrected chi connectivity index (χ4v) is 1.79. The number of aliphatic hydroxyl groups is 2. The second-order valence-corrected chi connectivity index (χ2v) is 4.10. The van der Waals surface area contributed by atoms with Gasteiger partial charge in [-0.3, -0.25) is 4.68 Å². The molecule has 1 heterocycles. The maximum Gasteiger partial charge on any atom is 0.0861 e. The molecule has 1 aromatic rings. The highest BCUT2D eigenvalue weighted by Gasteiger charge is 2.01. The Kier molecular flexibility index (Phi) is 4.78. The number of hydrogen-bond donors (Lipinski definition) is 3. The van der Waals surface area contributed by atoms with E-state index in [4.69, 9.17) is 15.9 Å². The first-order valence-corrected chi connectivity index (χ1v) is 5.52. The summed E-state index contributed by atoms with van der Waals surface area (Å²) in [4.78, 5) is 0. The lowest BCUT2D eigenvalue weighted by Gasteiger charge is -2.06. The first-order valence-electron chi connectivity index (χ1n) is 4.37. The van der Waals surface area contributed by atoms with Crippen LogP contribution < -0.4 is 5.73 Å². The molecule has 0 saturated heterocycles. The predicted octanol–water partition coefficient (Wildman–Crippen LogP) is -0.448. The Morgan fingerprint density at radius 3 is 3.00 bits per heavy atom. The van der Waals surface area contributed by atoms with Crippen LogP contribution in [0.25, 0.3) is 0 Å². The molecule has 0 saturated carbocycles. The van der Waals surface area contributed by atoms with Crippen molar-refractivity contribution >= 4 is 17.4 Å². The zero-order valence-corrected chi connectivity index (χ0v) is 8.65. The van der Waals surface area contributed by atoms with Crippen molar-refractivity contribution in [3.05, 3.63) is 12.4 Å². The maximum atomic E-state index is 9.05. The Labute approximate surface area is 86.9 Å². The van der Waals surface area contributed by atoms with E-state index in [0.717, 1.165) is 12.3 Å². The van der Waals surface area contributed by atoms with Crippen LogP contribution in [0.1, 0.15) is 0 Å². The van der Waals surface area contributed by atoms with Crippen LogP contribution in [0.3, 0.4) is 0 Å². The van der Waals surface area contributed by atoms with E-state index < -0.39 is 6.10 Å². The van der Waals surface area contributed by atoms with Crippen LogP contribution in [0.4, 0.5) is 5.69 Å². The Hall–Kier alpha value is -0.720. The lowest BCUT2D eigenvalue weighted by atomic mass is 10.4. The van der Waals surface area contributed by atoms with Gasteiger partial charge in [0.1, 0.15) is 0 Å². The van der Waals surface area contributed by atoms with Gasteiger partial charge in [-0.05, 0) is 0 Å². The lowest BCUT2D eigenvalue weighted by Crippen LogP contribution is -2.15. The molecule has 0 fully saturated rings. The van der Waals surface area contributed by atoms with E-state index in [9.17, 15) is 0 Å². The van der Waals surface area contributed by atoms with Crippen LogP contribution in [-0.2, 0) is 6.54 Å². The summed E-state index contributed by atoms with van der Waals surface area (Å²) in [6.45, 7) is 0.585. The summed E-state index contributed by atoms with van der Waals surface area (Å²) in [6, 6.07) is 0. The summed E-state index contributed by atoms with van der Waals surface area (Å²) in [5.41, 5.74) is 6.15. The van der Waals surface area contributed by atoms with Gasteiger partial charge in [0.05, 0.1) is 31.1 Å². The molecule has 0 aliphatic heterocycles. The number of nitrogen functional groups attached to an aromatic ring is 1. The number of aromatic nitrogens is 2. The van der Waals surface area contributed by atoms with E-state index in [0.29, 0.717) is 11.4 Å². The monoisotopic (exact) mass is 217 g/mol. The number of nitrogens with two attached hydrogens (primary N) is 1. The summed E-state index contributed by atoms with van der Waals surface area (Å²) < 4.78 is 1.76. The minimum Gasteiger partial charge on any atom is -0.396 e. The van der Waals surface area contributed by atoms with Gasteiger partial charge in [0.2, 0.25) is 0 Å². The van der Waals surface area contributed by atoms with Crippen molar-refractivity contribution in [3.63, 3.8) is 0 Å². The molecular formula is C8H15N3O2S. The van der Waals surface area contributed by atoms with Gasteiger partial charge in [-0.1, -0.05) is 0 Å². The molecular weight excluding hydrogens is 202 g/mol. The van der Waals surface area contributed by atoms with Crippen molar-refractivity contribution < 1.29 is 10.2 Å². The second-order valence-electron chi connectivity index (χ2n) is 2.95. The number of rotatable bonds is 6. The minimum atomic E-state index is -0.623. The molecule has 80 valence electrons. The van der Waals surface area contributed by atoms with Crippen LogP contribution in [-0.4, -0.2) is 44.2 Å². The Bertz CT molecular complexity index is 267. The zero-order chi connectivity index (χ0) is 10.4. The van der Waals surface area contributed by atoms with Gasteiger partial charge in [-0.25, -0.2) is 0 Å². The van der Waals surface area contributed by atoms with E-state index in [1.165, 1.54) is 0 Å². The van der Waals surface area contributed by atoms with Crippen LogP contribution in [0.2, 0.25) is 0 Å². The molecule has 0 spiro atoms. The predicted molar refractivity (Wildman–Crippen MR) is 57.1 cm³/mol. The number of aryl methyl sites for hydroxylation is 1. The van der Waals surface area contributed by atoms with Crippen molar-refractivity contribution in [2.75, 3.05) is 23.8 Å². The average molecular weight is 217 g/mol. The zero-order valence-electron chi connectivity index (χ0n) is 7.83. The molecule has 0 radical (unpaired) electrons. The average Bonchev–Trinajstić information content (AvgIpc) is 2.58. The van der Waals surface area contributed by atoms with Gasteiger partial charge in [0, 0.05) is 17.7 Å². The van der Waals surface area contributed by atoms with Gasteiger partial charge in [-0.2, -0.15) is 16.9 Å². The molecule has 6 heteroatoms. The van der Waals surface area contributed by atoms with Gasteiger partial charge in [-0.15, -0.1) is 0 Å². The highest BCUT2D eigenvalue weighted by atomic mass is 32.2. The summed E-state index contributed by atoms with van der Waals surface area (Å²) in [7, 11) is 0. The van der Waals surface area contributed by atoms with Crippen LogP contribution in [0.5, 0.6) is 0 Å². The fourth-order valence-electron chi connectivity index (χ4n) is 0.932. The fraction of sp³-hybridized carbons (Fsp3) is 0.625. The Balaban J connectivity index is 2.10. The number of aliphatic hydroxyl groups excluding tert-OH is 2. The quantitative estimate of drug-likeness (QED) is 0.562. The van der Waals surface area contributed by atoms with Crippen LogP contribution >= 0.6 is 11.8 Å². The summed E-state index contributed by atoms with van der Waals surface area (Å²) in [5, 5.41) is 21.6. The molecule has 1 atom stereocenters. The lowest BCUT2D eigenvalue weighted by molar-refractivity contribution is 0.113. The number of hydrogen-bond acceptors (Lipinski definition) is 5. The van der Waals surface area contributed by atoms with Crippen molar-refractivity contribution in [2.45, 2.75) is 12.6 Å². The smallest absolute Gasteiger partial charge is 0.0861 e. The number of anilines is 1. The summed E-state index contributed by atoms with van der Waals surface area (Å²) in [6.07, 6.45) is 2.75. The summed E-state index contributed by atoms with van der Waals surface area (Å²) >= 11 is 1.58. The third-order valence-electron chi connectivity index (χ3n) is 1.64. The van der Waals surface area contributed by atoms with Gasteiger partial charge in [0.15, 0.2) is 0 Å². The van der Waals surface area contributed by atoms with Crippen molar-refractivity contribution in [3.8, 4) is 0 Å². The van der Waals surface area contributed by atoms with Gasteiger partial charge < -0.3 is 15.9 Å². The molecule has 0 amide bonds. The van der Waals surface area contributed by atoms with Crippen molar-refractivity contribution in [1.82, 2.24) is 9.78 Å². The largest absolute Gasteiger partial charge is 0.396 e. The highest BCUT2D eigenvalue weighted by Crippen LogP contribution is 2.05. The normalized spacial score (nSPS) is 13.0. The topological polar surface area (TPSA) is 84.3 Å². The number of nitrogens with zero attached hydrogens (tertiary/aromatic N) is 2. The van der Waals surface area contributed by atoms with E-state index in [-0.39, 0.29) is 6.61 Å². The molecule has 0 aromatic carbocycles. The maximum absolute atomic E-state index is 9.05. The minimum absolute atomic E-state index is 0.179. The molecule has 14 heavy (non-hydrogen) atoms. The van der Waals surface area contributed by atoms with Crippen LogP contribution in [0.15, 0.2) is 12.4 Å². The SMILES string of the molecule is Nc1cnn(CCSCC(O)CO)c1. The molecule has 0 aliphatic rings. The van der Waals surface area contributed by atoms with E-state index in [1.807, 2.05) is 0 Å². The Morgan fingerprint density at radius 1 is 1.64 bits per heavy atom. The van der Waals surface area contributed by atoms with E-state index >= 15 is 0 Å². The standard InChI is InChI=1S/C8H15N3O2S/c9-7-3-10-11(4-7)1-2-14-6-8(13)5-12/h3-4,8,12-13H,1-2,5-6,9H2. The molecule has 4 N–H and O–H groups in total. The first kappa shape index (κ1) is 11.4. The number of thioether (sulfide) groups is 1. The van der Waals surface area contributed by atoms with E-state index in [1.54, 1.807) is 28.8 Å². The second kappa shape index (κ2) is 5.90. The van der Waals surface area contributed by atoms with Crippen LogP contribution in [0, 0.1) is 0 Å². The molecule has 1 rings (SSSR count). The third kappa shape index (κ3) is 3.99. The molecule has 0 bridgehead atoms. The first-order chi connectivity index (χ1) is 6.72. The molecule has 5 nitrogen and oxygen atoms in total. The van der Waals surface area contributed by atoms with E-state index in [2.05, 4.69) is 5.10 Å².